The number of benzene rings is 1. The van der Waals surface area contributed by atoms with E-state index in [-0.39, 0.29) is 0 Å². The SMILES string of the molecule is [CH2]CCNC(=O)Oc1ccccc1. The molecule has 0 saturated carbocycles. The van der Waals surface area contributed by atoms with E-state index in [0.29, 0.717) is 18.7 Å². The van der Waals surface area contributed by atoms with Gasteiger partial charge in [-0.1, -0.05) is 25.1 Å². The quantitative estimate of drug-likeness (QED) is 0.768. The van der Waals surface area contributed by atoms with Crippen molar-refractivity contribution in [1.29, 1.82) is 0 Å². The van der Waals surface area contributed by atoms with Gasteiger partial charge in [-0.15, -0.1) is 0 Å². The van der Waals surface area contributed by atoms with Crippen molar-refractivity contribution < 1.29 is 9.53 Å². The van der Waals surface area contributed by atoms with Crippen LogP contribution in [0.2, 0.25) is 0 Å². The van der Waals surface area contributed by atoms with E-state index in [1.807, 2.05) is 18.2 Å². The average molecular weight is 178 g/mol. The first-order valence-electron chi connectivity index (χ1n) is 4.13. The number of ether oxygens (including phenoxy) is 1. The fourth-order valence-corrected chi connectivity index (χ4v) is 0.822. The number of nitrogens with one attached hydrogen (secondary N) is 1. The van der Waals surface area contributed by atoms with Gasteiger partial charge in [0.05, 0.1) is 0 Å². The lowest BCUT2D eigenvalue weighted by Crippen LogP contribution is -2.27. The summed E-state index contributed by atoms with van der Waals surface area (Å²) in [6, 6.07) is 8.93. The minimum Gasteiger partial charge on any atom is -0.410 e. The number of para-hydroxylation sites is 1. The number of hydrogen-bond acceptors (Lipinski definition) is 2. The Labute approximate surface area is 77.7 Å². The largest absolute Gasteiger partial charge is 0.412 e. The Balaban J connectivity index is 2.37. The zero-order chi connectivity index (χ0) is 9.52. The fourth-order valence-electron chi connectivity index (χ4n) is 0.822. The van der Waals surface area contributed by atoms with Gasteiger partial charge in [0.1, 0.15) is 5.75 Å². The molecule has 1 rings (SSSR count). The third-order valence-corrected chi connectivity index (χ3v) is 1.40. The summed E-state index contributed by atoms with van der Waals surface area (Å²) in [6.07, 6.45) is 0.221. The molecule has 3 nitrogen and oxygen atoms in total. The lowest BCUT2D eigenvalue weighted by Gasteiger charge is -2.04. The molecule has 1 aromatic carbocycles. The fraction of sp³-hybridized carbons (Fsp3) is 0.200. The minimum absolute atomic E-state index is 0.435. The van der Waals surface area contributed by atoms with Crippen molar-refractivity contribution >= 4 is 6.09 Å². The van der Waals surface area contributed by atoms with E-state index in [0.717, 1.165) is 0 Å². The maximum atomic E-state index is 11.0. The zero-order valence-electron chi connectivity index (χ0n) is 7.32. The molecule has 0 aliphatic rings. The Morgan fingerprint density at radius 2 is 2.08 bits per heavy atom. The van der Waals surface area contributed by atoms with Crippen LogP contribution in [0.1, 0.15) is 6.42 Å². The lowest BCUT2D eigenvalue weighted by molar-refractivity contribution is 0.200. The predicted octanol–water partition coefficient (Wildman–Crippen LogP) is 2.00. The van der Waals surface area contributed by atoms with E-state index in [9.17, 15) is 4.79 Å². The second-order valence-corrected chi connectivity index (χ2v) is 2.48. The van der Waals surface area contributed by atoms with Crippen LogP contribution in [0.15, 0.2) is 30.3 Å². The Hall–Kier alpha value is -1.51. The van der Waals surface area contributed by atoms with Crippen molar-refractivity contribution in [2.45, 2.75) is 6.42 Å². The second-order valence-electron chi connectivity index (χ2n) is 2.48. The summed E-state index contributed by atoms with van der Waals surface area (Å²) in [5, 5.41) is 2.56. The molecule has 0 aromatic heterocycles. The smallest absolute Gasteiger partial charge is 0.410 e. The monoisotopic (exact) mass is 178 g/mol. The van der Waals surface area contributed by atoms with Crippen LogP contribution in [-0.2, 0) is 0 Å². The number of carbonyl (C=O) groups excluding carboxylic acids is 1. The minimum atomic E-state index is -0.435. The van der Waals surface area contributed by atoms with Gasteiger partial charge >= 0.3 is 6.09 Å². The van der Waals surface area contributed by atoms with Gasteiger partial charge in [0.25, 0.3) is 0 Å². The summed E-state index contributed by atoms with van der Waals surface area (Å²) in [6.45, 7) is 4.13. The van der Waals surface area contributed by atoms with Gasteiger partial charge < -0.3 is 10.1 Å². The molecule has 1 radical (unpaired) electrons. The van der Waals surface area contributed by atoms with Crippen LogP contribution >= 0.6 is 0 Å². The zero-order valence-corrected chi connectivity index (χ0v) is 7.32. The number of carbonyl (C=O) groups is 1. The Morgan fingerprint density at radius 3 is 2.69 bits per heavy atom. The first-order chi connectivity index (χ1) is 6.33. The van der Waals surface area contributed by atoms with Gasteiger partial charge in [0.15, 0.2) is 0 Å². The van der Waals surface area contributed by atoms with Crippen molar-refractivity contribution in [3.05, 3.63) is 37.3 Å². The first kappa shape index (κ1) is 9.58. The molecule has 0 aliphatic carbocycles. The highest BCUT2D eigenvalue weighted by atomic mass is 16.5. The van der Waals surface area contributed by atoms with Gasteiger partial charge in [0.2, 0.25) is 0 Å². The van der Waals surface area contributed by atoms with Crippen molar-refractivity contribution in [3.63, 3.8) is 0 Å². The van der Waals surface area contributed by atoms with Gasteiger partial charge in [0, 0.05) is 6.54 Å². The van der Waals surface area contributed by atoms with Crippen LogP contribution in [0.5, 0.6) is 5.75 Å². The van der Waals surface area contributed by atoms with Crippen LogP contribution < -0.4 is 10.1 Å². The normalized spacial score (nSPS) is 9.31. The lowest BCUT2D eigenvalue weighted by atomic mass is 10.3. The number of rotatable bonds is 3. The van der Waals surface area contributed by atoms with E-state index in [1.165, 1.54) is 0 Å². The molecule has 1 amide bonds. The first-order valence-corrected chi connectivity index (χ1v) is 4.13. The van der Waals surface area contributed by atoms with E-state index in [4.69, 9.17) is 4.74 Å². The van der Waals surface area contributed by atoms with Crippen LogP contribution in [0.25, 0.3) is 0 Å². The molecule has 0 spiro atoms. The van der Waals surface area contributed by atoms with Crippen molar-refractivity contribution in [1.82, 2.24) is 5.32 Å². The molecule has 0 bridgehead atoms. The highest BCUT2D eigenvalue weighted by Crippen LogP contribution is 2.07. The van der Waals surface area contributed by atoms with E-state index < -0.39 is 6.09 Å². The van der Waals surface area contributed by atoms with Gasteiger partial charge in [-0.2, -0.15) is 0 Å². The molecule has 0 heterocycles. The summed E-state index contributed by atoms with van der Waals surface area (Å²) in [5.74, 6) is 0.545. The number of amides is 1. The Kier molecular flexibility index (Phi) is 3.82. The topological polar surface area (TPSA) is 38.3 Å². The molecule has 0 atom stereocenters. The van der Waals surface area contributed by atoms with Crippen LogP contribution in [0, 0.1) is 6.92 Å². The van der Waals surface area contributed by atoms with E-state index in [2.05, 4.69) is 12.2 Å². The maximum absolute atomic E-state index is 11.0. The molecular weight excluding hydrogens is 166 g/mol. The molecule has 0 saturated heterocycles. The van der Waals surface area contributed by atoms with Crippen molar-refractivity contribution in [3.8, 4) is 5.75 Å². The highest BCUT2D eigenvalue weighted by Gasteiger charge is 2.00. The van der Waals surface area contributed by atoms with Crippen LogP contribution in [0.4, 0.5) is 4.79 Å². The molecular formula is C10H12NO2. The van der Waals surface area contributed by atoms with Gasteiger partial charge in [-0.05, 0) is 18.6 Å². The number of hydrogen-bond donors (Lipinski definition) is 1. The third kappa shape index (κ3) is 3.60. The summed E-state index contributed by atoms with van der Waals surface area (Å²) in [5.41, 5.74) is 0. The van der Waals surface area contributed by atoms with E-state index in [1.54, 1.807) is 12.1 Å². The van der Waals surface area contributed by atoms with E-state index >= 15 is 0 Å². The molecule has 0 fully saturated rings. The summed E-state index contributed by atoms with van der Waals surface area (Å²) < 4.78 is 4.94. The highest BCUT2D eigenvalue weighted by molar-refractivity contribution is 5.70. The molecule has 1 aromatic rings. The second kappa shape index (κ2) is 5.19. The van der Waals surface area contributed by atoms with Gasteiger partial charge in [-0.25, -0.2) is 4.79 Å². The summed E-state index contributed by atoms with van der Waals surface area (Å²) >= 11 is 0. The predicted molar refractivity (Wildman–Crippen MR) is 50.4 cm³/mol. The van der Waals surface area contributed by atoms with Crippen LogP contribution in [-0.4, -0.2) is 12.6 Å². The molecule has 3 heteroatoms. The van der Waals surface area contributed by atoms with Crippen molar-refractivity contribution in [2.75, 3.05) is 6.54 Å². The summed E-state index contributed by atoms with van der Waals surface area (Å²) in [7, 11) is 0. The summed E-state index contributed by atoms with van der Waals surface area (Å²) in [4.78, 5) is 11.0. The molecule has 1 N–H and O–H groups in total. The Morgan fingerprint density at radius 1 is 1.38 bits per heavy atom. The maximum Gasteiger partial charge on any atom is 0.412 e. The molecule has 13 heavy (non-hydrogen) atoms. The standard InChI is InChI=1S/C10H12NO2/c1-2-8-11-10(12)13-9-6-4-3-5-7-9/h3-7H,1-2,8H2,(H,11,12). The molecule has 0 aliphatic heterocycles. The van der Waals surface area contributed by atoms with Gasteiger partial charge in [-0.3, -0.25) is 0 Å². The van der Waals surface area contributed by atoms with Crippen LogP contribution in [0.3, 0.4) is 0 Å². The van der Waals surface area contributed by atoms with Crippen molar-refractivity contribution in [2.24, 2.45) is 0 Å². The third-order valence-electron chi connectivity index (χ3n) is 1.40. The Bertz CT molecular complexity index is 259. The molecule has 69 valence electrons. The average Bonchev–Trinajstić information content (AvgIpc) is 2.16. The molecule has 0 unspecified atom stereocenters.